The van der Waals surface area contributed by atoms with Crippen LogP contribution >= 0.6 is 0 Å². The normalized spacial score (nSPS) is 12.0. The molecule has 0 saturated heterocycles. The van der Waals surface area contributed by atoms with Crippen LogP contribution in [0.15, 0.2) is 0 Å². The van der Waals surface area contributed by atoms with Gasteiger partial charge in [0.2, 0.25) is 0 Å². The molecular formula is C5H11BF3O3-. The van der Waals surface area contributed by atoms with Gasteiger partial charge in [-0.3, -0.25) is 0 Å². The molecule has 3 nitrogen and oxygen atoms in total. The number of halogens is 3. The van der Waals surface area contributed by atoms with E-state index in [1.165, 1.54) is 7.11 Å². The topological polar surface area (TPSA) is 27.7 Å². The molecule has 7 heteroatoms. The van der Waals surface area contributed by atoms with Gasteiger partial charge in [0.05, 0.1) is 19.8 Å². The van der Waals surface area contributed by atoms with Crippen LogP contribution in [0.3, 0.4) is 0 Å². The Morgan fingerprint density at radius 3 is 2.08 bits per heavy atom. The van der Waals surface area contributed by atoms with Crippen molar-refractivity contribution < 1.29 is 27.1 Å². The Labute approximate surface area is 68.9 Å². The Morgan fingerprint density at radius 2 is 1.58 bits per heavy atom. The molecule has 0 heterocycles. The molecule has 0 radical (unpaired) electrons. The first-order valence-electron chi connectivity index (χ1n) is 3.45. The third kappa shape index (κ3) is 9.73. The third-order valence-electron chi connectivity index (χ3n) is 0.966. The van der Waals surface area contributed by atoms with E-state index in [-0.39, 0.29) is 13.2 Å². The molecule has 0 atom stereocenters. The van der Waals surface area contributed by atoms with Crippen LogP contribution in [-0.4, -0.2) is 40.7 Å². The second-order valence-corrected chi connectivity index (χ2v) is 1.99. The lowest BCUT2D eigenvalue weighted by atomic mass is 10.3. The first-order chi connectivity index (χ1) is 5.56. The standard InChI is InChI=1S/C5H11BF3O3/c1-10-2-3-11-4-5-12-6(7,8)9/h2-5H2,1H3/q-1. The Morgan fingerprint density at radius 1 is 1.00 bits per heavy atom. The predicted molar refractivity (Wildman–Crippen MR) is 37.7 cm³/mol. The molecular weight excluding hydrogens is 176 g/mol. The zero-order valence-corrected chi connectivity index (χ0v) is 6.76. The molecule has 0 fully saturated rings. The summed E-state index contributed by atoms with van der Waals surface area (Å²) in [4.78, 5) is 0. The summed E-state index contributed by atoms with van der Waals surface area (Å²) in [5.41, 5.74) is 0. The molecule has 0 rings (SSSR count). The molecule has 0 bridgehead atoms. The molecule has 0 aromatic heterocycles. The molecule has 0 aromatic rings. The van der Waals surface area contributed by atoms with Gasteiger partial charge in [-0.1, -0.05) is 0 Å². The van der Waals surface area contributed by atoms with Crippen molar-refractivity contribution in [3.63, 3.8) is 0 Å². The molecule has 0 saturated carbocycles. The van der Waals surface area contributed by atoms with E-state index in [1.807, 2.05) is 0 Å². The van der Waals surface area contributed by atoms with Crippen LogP contribution in [0.25, 0.3) is 0 Å². The maximum absolute atomic E-state index is 11.4. The van der Waals surface area contributed by atoms with Crippen molar-refractivity contribution >= 4 is 7.18 Å². The van der Waals surface area contributed by atoms with Crippen LogP contribution in [0, 0.1) is 0 Å². The van der Waals surface area contributed by atoms with Crippen molar-refractivity contribution in [2.75, 3.05) is 33.5 Å². The summed E-state index contributed by atoms with van der Waals surface area (Å²) in [5, 5.41) is 0. The maximum Gasteiger partial charge on any atom is 0.637 e. The largest absolute Gasteiger partial charge is 0.637 e. The average Bonchev–Trinajstić information content (AvgIpc) is 1.94. The highest BCUT2D eigenvalue weighted by Crippen LogP contribution is 2.08. The summed E-state index contributed by atoms with van der Waals surface area (Å²) in [6.45, 7) is 0.139. The van der Waals surface area contributed by atoms with Gasteiger partial charge in [-0.05, 0) is 0 Å². The zero-order valence-electron chi connectivity index (χ0n) is 6.76. The van der Waals surface area contributed by atoms with Gasteiger partial charge in [0.15, 0.2) is 0 Å². The van der Waals surface area contributed by atoms with Crippen molar-refractivity contribution in [2.24, 2.45) is 0 Å². The van der Waals surface area contributed by atoms with Crippen LogP contribution < -0.4 is 0 Å². The summed E-state index contributed by atoms with van der Waals surface area (Å²) in [5.74, 6) is 0. The van der Waals surface area contributed by atoms with Crippen LogP contribution in [0.4, 0.5) is 12.9 Å². The third-order valence-corrected chi connectivity index (χ3v) is 0.966. The van der Waals surface area contributed by atoms with Crippen molar-refractivity contribution in [3.05, 3.63) is 0 Å². The second kappa shape index (κ2) is 6.27. The molecule has 0 amide bonds. The van der Waals surface area contributed by atoms with E-state index in [0.29, 0.717) is 6.61 Å². The first-order valence-corrected chi connectivity index (χ1v) is 3.45. The fraction of sp³-hybridized carbons (Fsp3) is 1.00. The lowest BCUT2D eigenvalue weighted by molar-refractivity contribution is 0.0418. The van der Waals surface area contributed by atoms with Gasteiger partial charge in [0, 0.05) is 13.7 Å². The SMILES string of the molecule is COCCOCCO[B-](F)(F)F. The fourth-order valence-electron chi connectivity index (χ4n) is 0.485. The Hall–Kier alpha value is -0.265. The number of methoxy groups -OCH3 is 1. The van der Waals surface area contributed by atoms with E-state index in [1.54, 1.807) is 0 Å². The highest BCUT2D eigenvalue weighted by Gasteiger charge is 2.24. The number of ether oxygens (including phenoxy) is 2. The molecule has 0 N–H and O–H groups in total. The molecule has 0 unspecified atom stereocenters. The average molecular weight is 187 g/mol. The predicted octanol–water partition coefficient (Wildman–Crippen LogP) is 1.01. The lowest BCUT2D eigenvalue weighted by Crippen LogP contribution is -2.23. The Balaban J connectivity index is 3.01. The monoisotopic (exact) mass is 187 g/mol. The minimum atomic E-state index is -5.14. The molecule has 0 aliphatic rings. The van der Waals surface area contributed by atoms with E-state index >= 15 is 0 Å². The van der Waals surface area contributed by atoms with Crippen LogP contribution in [0.5, 0.6) is 0 Å². The lowest BCUT2D eigenvalue weighted by Gasteiger charge is -2.15. The van der Waals surface area contributed by atoms with E-state index in [4.69, 9.17) is 4.74 Å². The summed E-state index contributed by atoms with van der Waals surface area (Å²) in [6, 6.07) is 0. The highest BCUT2D eigenvalue weighted by atomic mass is 19.4. The Bertz CT molecular complexity index is 109. The van der Waals surface area contributed by atoms with Gasteiger partial charge in [0.25, 0.3) is 0 Å². The van der Waals surface area contributed by atoms with Crippen molar-refractivity contribution in [2.45, 2.75) is 0 Å². The number of hydrogen-bond donors (Lipinski definition) is 0. The summed E-state index contributed by atoms with van der Waals surface area (Å²) >= 11 is 0. The highest BCUT2D eigenvalue weighted by molar-refractivity contribution is 6.51. The van der Waals surface area contributed by atoms with Crippen LogP contribution in [0.2, 0.25) is 0 Å². The minimum Gasteiger partial charge on any atom is -0.506 e. The van der Waals surface area contributed by atoms with Crippen molar-refractivity contribution in [1.82, 2.24) is 0 Å². The van der Waals surface area contributed by atoms with E-state index in [9.17, 15) is 12.9 Å². The molecule has 0 aliphatic carbocycles. The van der Waals surface area contributed by atoms with Crippen LogP contribution in [-0.2, 0) is 14.1 Å². The number of rotatable bonds is 7. The minimum absolute atomic E-state index is 0.0649. The van der Waals surface area contributed by atoms with Gasteiger partial charge >= 0.3 is 7.18 Å². The molecule has 0 aliphatic heterocycles. The van der Waals surface area contributed by atoms with E-state index in [2.05, 4.69) is 9.39 Å². The maximum atomic E-state index is 11.4. The molecule has 12 heavy (non-hydrogen) atoms. The first kappa shape index (κ1) is 11.7. The number of hydrogen-bond acceptors (Lipinski definition) is 3. The Kier molecular flexibility index (Phi) is 6.13. The second-order valence-electron chi connectivity index (χ2n) is 1.99. The van der Waals surface area contributed by atoms with Gasteiger partial charge in [-0.15, -0.1) is 0 Å². The van der Waals surface area contributed by atoms with Gasteiger partial charge in [-0.25, -0.2) is 0 Å². The summed E-state index contributed by atoms with van der Waals surface area (Å²) < 4.78 is 47.0. The fourth-order valence-corrected chi connectivity index (χ4v) is 0.485. The zero-order chi connectivity index (χ0) is 9.45. The van der Waals surface area contributed by atoms with Gasteiger partial charge in [-0.2, -0.15) is 0 Å². The molecule has 0 aromatic carbocycles. The van der Waals surface area contributed by atoms with Crippen LogP contribution in [0.1, 0.15) is 0 Å². The van der Waals surface area contributed by atoms with E-state index in [0.717, 1.165) is 0 Å². The molecule has 0 spiro atoms. The summed E-state index contributed by atoms with van der Waals surface area (Å²) in [6.07, 6.45) is 0. The van der Waals surface area contributed by atoms with Crippen molar-refractivity contribution in [3.8, 4) is 0 Å². The molecule has 74 valence electrons. The van der Waals surface area contributed by atoms with Crippen molar-refractivity contribution in [1.29, 1.82) is 0 Å². The smallest absolute Gasteiger partial charge is 0.506 e. The van der Waals surface area contributed by atoms with Gasteiger partial charge in [0.1, 0.15) is 0 Å². The quantitative estimate of drug-likeness (QED) is 0.439. The van der Waals surface area contributed by atoms with Gasteiger partial charge < -0.3 is 27.1 Å². The van der Waals surface area contributed by atoms with E-state index < -0.39 is 13.8 Å². The summed E-state index contributed by atoms with van der Waals surface area (Å²) in [7, 11) is -3.65.